The van der Waals surface area contributed by atoms with E-state index in [0.29, 0.717) is 5.56 Å². The van der Waals surface area contributed by atoms with Crippen LogP contribution in [0, 0.1) is 5.41 Å². The van der Waals surface area contributed by atoms with Crippen LogP contribution in [-0.4, -0.2) is 28.1 Å². The van der Waals surface area contributed by atoms with Crippen molar-refractivity contribution in [3.8, 4) is 0 Å². The van der Waals surface area contributed by atoms with E-state index >= 15 is 0 Å². The predicted molar refractivity (Wildman–Crippen MR) is 65.6 cm³/mol. The van der Waals surface area contributed by atoms with Crippen molar-refractivity contribution in [3.05, 3.63) is 35.4 Å². The number of benzene rings is 1. The summed E-state index contributed by atoms with van der Waals surface area (Å²) in [7, 11) is 0. The third kappa shape index (κ3) is 7.69. The Morgan fingerprint density at radius 2 is 1.72 bits per heavy atom. The van der Waals surface area contributed by atoms with Crippen LogP contribution in [0.4, 0.5) is 4.79 Å². The molecule has 0 unspecified atom stereocenters. The van der Waals surface area contributed by atoms with Crippen molar-refractivity contribution >= 4 is 17.9 Å². The SMILES string of the molecule is CC(=O)O.N=C(N)c1ccc(CNC(=O)O)cc1. The quantitative estimate of drug-likeness (QED) is 0.401. The Morgan fingerprint density at radius 3 is 2.06 bits per heavy atom. The van der Waals surface area contributed by atoms with Crippen molar-refractivity contribution in [2.45, 2.75) is 13.5 Å². The van der Waals surface area contributed by atoms with E-state index in [-0.39, 0.29) is 12.4 Å². The number of carboxylic acid groups (broad SMARTS) is 2. The van der Waals surface area contributed by atoms with Crippen LogP contribution in [0.1, 0.15) is 18.1 Å². The van der Waals surface area contributed by atoms with Gasteiger partial charge in [-0.2, -0.15) is 0 Å². The van der Waals surface area contributed by atoms with Gasteiger partial charge in [-0.15, -0.1) is 0 Å². The van der Waals surface area contributed by atoms with Crippen LogP contribution in [0.15, 0.2) is 24.3 Å². The number of carbonyl (C=O) groups is 2. The number of hydrogen-bond acceptors (Lipinski definition) is 3. The Bertz CT molecular complexity index is 424. The molecule has 0 saturated carbocycles. The van der Waals surface area contributed by atoms with Gasteiger partial charge in [0.25, 0.3) is 5.97 Å². The number of hydrogen-bond donors (Lipinski definition) is 5. The number of aliphatic carboxylic acids is 1. The molecule has 1 amide bonds. The average molecular weight is 253 g/mol. The van der Waals surface area contributed by atoms with E-state index < -0.39 is 12.1 Å². The Kier molecular flexibility index (Phi) is 6.57. The number of nitrogen functional groups attached to an aromatic ring is 1. The lowest BCUT2D eigenvalue weighted by molar-refractivity contribution is -0.134. The highest BCUT2D eigenvalue weighted by atomic mass is 16.4. The molecule has 0 aliphatic carbocycles. The Labute approximate surface area is 104 Å². The van der Waals surface area contributed by atoms with Crippen molar-refractivity contribution < 1.29 is 19.8 Å². The first-order chi connectivity index (χ1) is 8.32. The lowest BCUT2D eigenvalue weighted by atomic mass is 10.1. The lowest BCUT2D eigenvalue weighted by Crippen LogP contribution is -2.20. The molecule has 1 aromatic rings. The molecule has 0 bridgehead atoms. The second kappa shape index (κ2) is 7.66. The first kappa shape index (κ1) is 15.4. The second-order valence-electron chi connectivity index (χ2n) is 3.29. The fourth-order valence-electron chi connectivity index (χ4n) is 0.980. The summed E-state index contributed by atoms with van der Waals surface area (Å²) in [6.45, 7) is 1.34. The van der Waals surface area contributed by atoms with Gasteiger partial charge in [-0.1, -0.05) is 24.3 Å². The van der Waals surface area contributed by atoms with E-state index in [1.807, 2.05) is 0 Å². The summed E-state index contributed by atoms with van der Waals surface area (Å²) in [5.74, 6) is -0.831. The van der Waals surface area contributed by atoms with Gasteiger partial charge in [0, 0.05) is 19.0 Å². The number of rotatable bonds is 3. The molecule has 0 aromatic heterocycles. The van der Waals surface area contributed by atoms with Crippen molar-refractivity contribution in [2.24, 2.45) is 5.73 Å². The predicted octanol–water partition coefficient (Wildman–Crippen LogP) is 0.829. The number of nitrogens with two attached hydrogens (primary N) is 1. The minimum atomic E-state index is -1.05. The molecule has 18 heavy (non-hydrogen) atoms. The van der Waals surface area contributed by atoms with Crippen molar-refractivity contribution in [1.82, 2.24) is 5.32 Å². The topological polar surface area (TPSA) is 136 Å². The van der Waals surface area contributed by atoms with Gasteiger partial charge in [-0.25, -0.2) is 4.79 Å². The van der Waals surface area contributed by atoms with E-state index in [9.17, 15) is 4.79 Å². The van der Waals surface area contributed by atoms with E-state index in [1.54, 1.807) is 24.3 Å². The summed E-state index contributed by atoms with van der Waals surface area (Å²) in [5, 5.41) is 25.2. The fourth-order valence-corrected chi connectivity index (χ4v) is 0.980. The molecule has 0 atom stereocenters. The van der Waals surface area contributed by atoms with E-state index in [0.717, 1.165) is 12.5 Å². The van der Waals surface area contributed by atoms with Gasteiger partial charge in [0.1, 0.15) is 5.84 Å². The van der Waals surface area contributed by atoms with Crippen molar-refractivity contribution in [2.75, 3.05) is 0 Å². The molecule has 0 fully saturated rings. The van der Waals surface area contributed by atoms with Crippen LogP contribution in [0.2, 0.25) is 0 Å². The zero-order valence-electron chi connectivity index (χ0n) is 9.80. The normalized spacial score (nSPS) is 8.72. The van der Waals surface area contributed by atoms with Gasteiger partial charge in [0.2, 0.25) is 0 Å². The zero-order valence-corrected chi connectivity index (χ0v) is 9.80. The Balaban J connectivity index is 0.000000631. The Hall–Kier alpha value is -2.57. The van der Waals surface area contributed by atoms with Gasteiger partial charge in [-0.3, -0.25) is 10.2 Å². The summed E-state index contributed by atoms with van der Waals surface area (Å²) in [5.41, 5.74) is 6.72. The first-order valence-corrected chi connectivity index (χ1v) is 4.92. The summed E-state index contributed by atoms with van der Waals surface area (Å²) < 4.78 is 0. The molecule has 1 rings (SSSR count). The Morgan fingerprint density at radius 1 is 1.28 bits per heavy atom. The summed E-state index contributed by atoms with van der Waals surface area (Å²) >= 11 is 0. The summed E-state index contributed by atoms with van der Waals surface area (Å²) in [6, 6.07) is 6.82. The number of amides is 1. The zero-order chi connectivity index (χ0) is 14.1. The standard InChI is InChI=1S/C9H11N3O2.C2H4O2/c10-8(11)7-3-1-6(2-4-7)5-12-9(13)14;1-2(3)4/h1-4,12H,5H2,(H3,10,11)(H,13,14);1H3,(H,3,4). The lowest BCUT2D eigenvalue weighted by Gasteiger charge is -2.02. The van der Waals surface area contributed by atoms with Gasteiger partial charge in [0.05, 0.1) is 0 Å². The van der Waals surface area contributed by atoms with Gasteiger partial charge in [-0.05, 0) is 5.56 Å². The van der Waals surface area contributed by atoms with Crippen LogP contribution in [0.5, 0.6) is 0 Å². The van der Waals surface area contributed by atoms with Crippen LogP contribution in [0.3, 0.4) is 0 Å². The third-order valence-electron chi connectivity index (χ3n) is 1.71. The monoisotopic (exact) mass is 253 g/mol. The molecule has 6 N–H and O–H groups in total. The summed E-state index contributed by atoms with van der Waals surface area (Å²) in [6.07, 6.45) is -1.05. The second-order valence-corrected chi connectivity index (χ2v) is 3.29. The minimum Gasteiger partial charge on any atom is -0.481 e. The van der Waals surface area contributed by atoms with Crippen LogP contribution in [0.25, 0.3) is 0 Å². The van der Waals surface area contributed by atoms with E-state index in [1.165, 1.54) is 0 Å². The number of nitrogens with one attached hydrogen (secondary N) is 2. The van der Waals surface area contributed by atoms with E-state index in [2.05, 4.69) is 5.32 Å². The van der Waals surface area contributed by atoms with Crippen molar-refractivity contribution in [1.29, 1.82) is 5.41 Å². The van der Waals surface area contributed by atoms with Gasteiger partial charge < -0.3 is 21.3 Å². The van der Waals surface area contributed by atoms with E-state index in [4.69, 9.17) is 26.2 Å². The molecule has 7 nitrogen and oxygen atoms in total. The molecule has 0 heterocycles. The number of amidine groups is 1. The highest BCUT2D eigenvalue weighted by molar-refractivity contribution is 5.94. The molecule has 0 aliphatic rings. The van der Waals surface area contributed by atoms with Crippen LogP contribution in [-0.2, 0) is 11.3 Å². The molecule has 0 radical (unpaired) electrons. The molecule has 98 valence electrons. The molecular formula is C11H15N3O4. The van der Waals surface area contributed by atoms with Crippen LogP contribution < -0.4 is 11.1 Å². The summed E-state index contributed by atoms with van der Waals surface area (Å²) in [4.78, 5) is 19.2. The molecule has 0 aliphatic heterocycles. The van der Waals surface area contributed by atoms with Gasteiger partial charge in [0.15, 0.2) is 0 Å². The molecule has 1 aromatic carbocycles. The molecule has 0 spiro atoms. The van der Waals surface area contributed by atoms with Crippen molar-refractivity contribution in [3.63, 3.8) is 0 Å². The molecular weight excluding hydrogens is 238 g/mol. The van der Waals surface area contributed by atoms with Crippen LogP contribution >= 0.6 is 0 Å². The molecule has 0 saturated heterocycles. The maximum atomic E-state index is 10.2. The van der Waals surface area contributed by atoms with Gasteiger partial charge >= 0.3 is 6.09 Å². The molecule has 7 heteroatoms. The number of carboxylic acids is 1. The minimum absolute atomic E-state index is 0.00254. The maximum absolute atomic E-state index is 10.2. The third-order valence-corrected chi connectivity index (χ3v) is 1.71. The highest BCUT2D eigenvalue weighted by Gasteiger charge is 1.98. The maximum Gasteiger partial charge on any atom is 0.404 e. The highest BCUT2D eigenvalue weighted by Crippen LogP contribution is 2.03. The fraction of sp³-hybridized carbons (Fsp3) is 0.182. The smallest absolute Gasteiger partial charge is 0.404 e. The average Bonchev–Trinajstić information content (AvgIpc) is 2.26. The largest absolute Gasteiger partial charge is 0.481 e. The first-order valence-electron chi connectivity index (χ1n) is 4.92.